The molecular weight excluding hydrogens is 212 g/mol. The van der Waals surface area contributed by atoms with E-state index in [9.17, 15) is 0 Å². The van der Waals surface area contributed by atoms with Crippen molar-refractivity contribution in [2.24, 2.45) is 10.2 Å². The minimum Gasteiger partial charge on any atom is -0.251 e. The molecule has 0 aliphatic carbocycles. The summed E-state index contributed by atoms with van der Waals surface area (Å²) in [5.41, 5.74) is 7.46. The first-order chi connectivity index (χ1) is 7.08. The zero-order valence-corrected chi connectivity index (χ0v) is 10.0. The molecule has 0 saturated carbocycles. The van der Waals surface area contributed by atoms with E-state index in [2.05, 4.69) is 31.3 Å². The van der Waals surface area contributed by atoms with Crippen LogP contribution in [0.5, 0.6) is 0 Å². The number of hydrogen-bond acceptors (Lipinski definition) is 7. The van der Waals surface area contributed by atoms with Crippen molar-refractivity contribution < 1.29 is 0 Å². The number of rotatable bonds is 4. The summed E-state index contributed by atoms with van der Waals surface area (Å²) in [4.78, 5) is 0. The molecule has 82 valence electrons. The summed E-state index contributed by atoms with van der Waals surface area (Å²) in [6.45, 7) is 7.60. The average molecular weight is 226 g/mol. The molecule has 0 atom stereocenters. The summed E-state index contributed by atoms with van der Waals surface area (Å²) >= 11 is 1.36. The van der Waals surface area contributed by atoms with Gasteiger partial charge in [-0.25, -0.2) is 0 Å². The van der Waals surface area contributed by atoms with Crippen LogP contribution in [0.15, 0.2) is 10.2 Å². The van der Waals surface area contributed by atoms with Crippen molar-refractivity contribution in [1.29, 1.82) is 0 Å². The monoisotopic (exact) mass is 226 g/mol. The zero-order chi connectivity index (χ0) is 11.3. The Morgan fingerprint density at radius 2 is 1.33 bits per heavy atom. The van der Waals surface area contributed by atoms with Crippen molar-refractivity contribution in [1.82, 2.24) is 10.2 Å². The SMILES string of the molecule is CC(C)=NNc1nnc(NN=C(C)C)s1. The van der Waals surface area contributed by atoms with Crippen molar-refractivity contribution in [3.8, 4) is 0 Å². The highest BCUT2D eigenvalue weighted by molar-refractivity contribution is 7.18. The zero-order valence-electron chi connectivity index (χ0n) is 9.20. The van der Waals surface area contributed by atoms with E-state index in [0.717, 1.165) is 11.4 Å². The fourth-order valence-corrected chi connectivity index (χ4v) is 1.16. The van der Waals surface area contributed by atoms with Gasteiger partial charge in [-0.2, -0.15) is 10.2 Å². The topological polar surface area (TPSA) is 74.6 Å². The Morgan fingerprint density at radius 1 is 0.933 bits per heavy atom. The molecule has 1 heterocycles. The van der Waals surface area contributed by atoms with Crippen LogP contribution in [-0.4, -0.2) is 21.6 Å². The van der Waals surface area contributed by atoms with Crippen molar-refractivity contribution in [2.75, 3.05) is 10.9 Å². The third-order valence-electron chi connectivity index (χ3n) is 1.18. The fourth-order valence-electron chi connectivity index (χ4n) is 0.633. The molecule has 0 spiro atoms. The van der Waals surface area contributed by atoms with Gasteiger partial charge < -0.3 is 0 Å². The first-order valence-corrected chi connectivity index (χ1v) is 5.27. The van der Waals surface area contributed by atoms with Gasteiger partial charge in [0.1, 0.15) is 0 Å². The predicted molar refractivity (Wildman–Crippen MR) is 64.7 cm³/mol. The van der Waals surface area contributed by atoms with Crippen molar-refractivity contribution in [2.45, 2.75) is 27.7 Å². The summed E-state index contributed by atoms with van der Waals surface area (Å²) in [5, 5.41) is 17.1. The van der Waals surface area contributed by atoms with E-state index in [1.807, 2.05) is 27.7 Å². The maximum atomic E-state index is 4.01. The predicted octanol–water partition coefficient (Wildman–Crippen LogP) is 2.15. The van der Waals surface area contributed by atoms with Crippen LogP contribution in [0.2, 0.25) is 0 Å². The van der Waals surface area contributed by atoms with Gasteiger partial charge in [-0.05, 0) is 27.7 Å². The van der Waals surface area contributed by atoms with Gasteiger partial charge in [0.25, 0.3) is 0 Å². The van der Waals surface area contributed by atoms with Gasteiger partial charge in [0.05, 0.1) is 0 Å². The lowest BCUT2D eigenvalue weighted by Gasteiger charge is -1.93. The Balaban J connectivity index is 2.56. The number of nitrogens with zero attached hydrogens (tertiary/aromatic N) is 4. The first-order valence-electron chi connectivity index (χ1n) is 4.45. The van der Waals surface area contributed by atoms with Crippen LogP contribution in [-0.2, 0) is 0 Å². The minimum absolute atomic E-state index is 0.641. The Morgan fingerprint density at radius 3 is 1.67 bits per heavy atom. The normalized spacial score (nSPS) is 9.33. The molecule has 0 unspecified atom stereocenters. The number of aromatic nitrogens is 2. The molecule has 0 aliphatic heterocycles. The molecule has 0 amide bonds. The second-order valence-corrected chi connectivity index (χ2v) is 4.23. The molecular formula is C8H14N6S. The van der Waals surface area contributed by atoms with Gasteiger partial charge in [-0.1, -0.05) is 11.3 Å². The molecule has 0 aromatic carbocycles. The third kappa shape index (κ3) is 4.50. The maximum Gasteiger partial charge on any atom is 0.227 e. The second-order valence-electron chi connectivity index (χ2n) is 3.25. The molecule has 0 radical (unpaired) electrons. The molecule has 15 heavy (non-hydrogen) atoms. The standard InChI is InChI=1S/C8H14N6S/c1-5(2)9-11-7-13-14-8(15-7)12-10-6(3)4/h1-4H3,(H,11,13)(H,12,14). The highest BCUT2D eigenvalue weighted by Crippen LogP contribution is 2.19. The van der Waals surface area contributed by atoms with Crippen LogP contribution in [0.4, 0.5) is 10.3 Å². The lowest BCUT2D eigenvalue weighted by atomic mass is 10.5. The van der Waals surface area contributed by atoms with E-state index in [4.69, 9.17) is 0 Å². The Kier molecular flexibility index (Phi) is 4.17. The minimum atomic E-state index is 0.641. The maximum absolute atomic E-state index is 4.01. The molecule has 7 heteroatoms. The lowest BCUT2D eigenvalue weighted by Crippen LogP contribution is -1.92. The van der Waals surface area contributed by atoms with Crippen LogP contribution in [0.3, 0.4) is 0 Å². The fraction of sp³-hybridized carbons (Fsp3) is 0.500. The molecule has 2 N–H and O–H groups in total. The van der Waals surface area contributed by atoms with Crippen LogP contribution >= 0.6 is 11.3 Å². The highest BCUT2D eigenvalue weighted by atomic mass is 32.1. The van der Waals surface area contributed by atoms with E-state index >= 15 is 0 Å². The Bertz CT molecular complexity index is 338. The molecule has 0 bridgehead atoms. The van der Waals surface area contributed by atoms with Crippen LogP contribution in [0.1, 0.15) is 27.7 Å². The van der Waals surface area contributed by atoms with E-state index in [1.54, 1.807) is 0 Å². The molecule has 6 nitrogen and oxygen atoms in total. The summed E-state index contributed by atoms with van der Waals surface area (Å²) in [5.74, 6) is 0. The highest BCUT2D eigenvalue weighted by Gasteiger charge is 2.00. The van der Waals surface area contributed by atoms with Crippen molar-refractivity contribution >= 4 is 33.0 Å². The van der Waals surface area contributed by atoms with Gasteiger partial charge >= 0.3 is 0 Å². The third-order valence-corrected chi connectivity index (χ3v) is 1.91. The van der Waals surface area contributed by atoms with Gasteiger partial charge in [-0.3, -0.25) is 10.9 Å². The van der Waals surface area contributed by atoms with Crippen molar-refractivity contribution in [3.63, 3.8) is 0 Å². The van der Waals surface area contributed by atoms with Crippen LogP contribution < -0.4 is 10.9 Å². The van der Waals surface area contributed by atoms with E-state index in [1.165, 1.54) is 11.3 Å². The summed E-state index contributed by atoms with van der Waals surface area (Å²) in [7, 11) is 0. The Labute approximate surface area is 92.5 Å². The molecule has 0 fully saturated rings. The van der Waals surface area contributed by atoms with Crippen molar-refractivity contribution in [3.05, 3.63) is 0 Å². The van der Waals surface area contributed by atoms with Crippen LogP contribution in [0, 0.1) is 0 Å². The largest absolute Gasteiger partial charge is 0.251 e. The van der Waals surface area contributed by atoms with E-state index in [0.29, 0.717) is 10.3 Å². The van der Waals surface area contributed by atoms with Gasteiger partial charge in [0.15, 0.2) is 0 Å². The van der Waals surface area contributed by atoms with E-state index < -0.39 is 0 Å². The van der Waals surface area contributed by atoms with Gasteiger partial charge in [-0.15, -0.1) is 10.2 Å². The Hall–Kier alpha value is -1.50. The van der Waals surface area contributed by atoms with Gasteiger partial charge in [0.2, 0.25) is 10.3 Å². The van der Waals surface area contributed by atoms with Gasteiger partial charge in [0, 0.05) is 11.4 Å². The lowest BCUT2D eigenvalue weighted by molar-refractivity contribution is 1.07. The molecule has 1 aromatic heterocycles. The number of anilines is 2. The molecule has 1 aromatic rings. The molecule has 0 saturated heterocycles. The summed E-state index contributed by atoms with van der Waals surface area (Å²) in [6.07, 6.45) is 0. The van der Waals surface area contributed by atoms with E-state index in [-0.39, 0.29) is 0 Å². The summed E-state index contributed by atoms with van der Waals surface area (Å²) < 4.78 is 0. The van der Waals surface area contributed by atoms with Crippen LogP contribution in [0.25, 0.3) is 0 Å². The summed E-state index contributed by atoms with van der Waals surface area (Å²) in [6, 6.07) is 0. The smallest absolute Gasteiger partial charge is 0.227 e. The number of hydrazone groups is 2. The molecule has 0 aliphatic rings. The molecule has 1 rings (SSSR count). The second kappa shape index (κ2) is 5.40. The number of hydrogen-bond donors (Lipinski definition) is 2. The average Bonchev–Trinajstić information content (AvgIpc) is 2.59. The quantitative estimate of drug-likeness (QED) is 0.609. The first kappa shape index (κ1) is 11.6. The number of nitrogens with one attached hydrogen (secondary N) is 2.